The second-order valence-corrected chi connectivity index (χ2v) is 5.49. The van der Waals surface area contributed by atoms with E-state index in [9.17, 15) is 0 Å². The third-order valence-corrected chi connectivity index (χ3v) is 3.93. The summed E-state index contributed by atoms with van der Waals surface area (Å²) in [7, 11) is 1.84. The van der Waals surface area contributed by atoms with Crippen molar-refractivity contribution in [3.05, 3.63) is 0 Å². The van der Waals surface area contributed by atoms with Gasteiger partial charge in [-0.25, -0.2) is 0 Å². The Labute approximate surface area is 105 Å². The summed E-state index contributed by atoms with van der Waals surface area (Å²) in [4.78, 5) is 0. The quantitative estimate of drug-likeness (QED) is 0.662. The summed E-state index contributed by atoms with van der Waals surface area (Å²) < 4.78 is 11.2. The minimum Gasteiger partial charge on any atom is -0.381 e. The fourth-order valence-corrected chi connectivity index (χ4v) is 2.61. The summed E-state index contributed by atoms with van der Waals surface area (Å²) in [5, 5.41) is 3.62. The summed E-state index contributed by atoms with van der Waals surface area (Å²) >= 11 is 0. The second-order valence-electron chi connectivity index (χ2n) is 5.49. The van der Waals surface area contributed by atoms with Gasteiger partial charge in [-0.15, -0.1) is 0 Å². The van der Waals surface area contributed by atoms with E-state index >= 15 is 0 Å². The van der Waals surface area contributed by atoms with Crippen LogP contribution in [0, 0.1) is 5.92 Å². The van der Waals surface area contributed by atoms with Crippen LogP contribution >= 0.6 is 0 Å². The van der Waals surface area contributed by atoms with Gasteiger partial charge in [-0.2, -0.15) is 0 Å². The van der Waals surface area contributed by atoms with Crippen molar-refractivity contribution in [2.45, 2.75) is 57.1 Å². The highest BCUT2D eigenvalue weighted by Gasteiger charge is 2.24. The molecule has 0 bridgehead atoms. The smallest absolute Gasteiger partial charge is 0.0724 e. The average Bonchev–Trinajstić information content (AvgIpc) is 3.18. The van der Waals surface area contributed by atoms with Gasteiger partial charge in [0.15, 0.2) is 0 Å². The molecule has 0 aromatic rings. The zero-order valence-electron chi connectivity index (χ0n) is 11.1. The van der Waals surface area contributed by atoms with Crippen LogP contribution in [0.15, 0.2) is 0 Å². The number of hydrogen-bond acceptors (Lipinski definition) is 3. The van der Waals surface area contributed by atoms with Gasteiger partial charge in [-0.1, -0.05) is 12.8 Å². The highest BCUT2D eigenvalue weighted by atomic mass is 16.5. The van der Waals surface area contributed by atoms with E-state index in [4.69, 9.17) is 9.47 Å². The normalized spacial score (nSPS) is 29.5. The Morgan fingerprint density at radius 3 is 2.71 bits per heavy atom. The first-order valence-electron chi connectivity index (χ1n) is 7.24. The molecular formula is C14H27NO2. The Kier molecular flexibility index (Phi) is 5.75. The van der Waals surface area contributed by atoms with E-state index in [1.54, 1.807) is 0 Å². The summed E-state index contributed by atoms with van der Waals surface area (Å²) in [6.07, 6.45) is 9.46. The van der Waals surface area contributed by atoms with E-state index in [0.29, 0.717) is 12.1 Å². The average molecular weight is 241 g/mol. The molecule has 0 heterocycles. The largest absolute Gasteiger partial charge is 0.381 e. The minimum absolute atomic E-state index is 0.427. The maximum atomic E-state index is 5.63. The molecule has 0 saturated heterocycles. The number of methoxy groups -OCH3 is 1. The van der Waals surface area contributed by atoms with Crippen molar-refractivity contribution in [1.29, 1.82) is 0 Å². The first-order valence-corrected chi connectivity index (χ1v) is 7.24. The molecule has 2 atom stereocenters. The molecule has 100 valence electrons. The molecule has 2 fully saturated rings. The highest BCUT2D eigenvalue weighted by Crippen LogP contribution is 2.28. The van der Waals surface area contributed by atoms with Crippen molar-refractivity contribution in [2.24, 2.45) is 5.92 Å². The van der Waals surface area contributed by atoms with Gasteiger partial charge in [-0.05, 0) is 44.6 Å². The van der Waals surface area contributed by atoms with Crippen LogP contribution in [0.2, 0.25) is 0 Å². The lowest BCUT2D eigenvalue weighted by Gasteiger charge is -2.31. The van der Waals surface area contributed by atoms with E-state index in [1.807, 2.05) is 7.11 Å². The molecule has 0 radical (unpaired) electrons. The monoisotopic (exact) mass is 241 g/mol. The zero-order chi connectivity index (χ0) is 11.9. The van der Waals surface area contributed by atoms with Gasteiger partial charge >= 0.3 is 0 Å². The van der Waals surface area contributed by atoms with Crippen LogP contribution in [-0.2, 0) is 9.47 Å². The first kappa shape index (κ1) is 13.3. The number of hydrogen-bond donors (Lipinski definition) is 1. The predicted octanol–water partition coefficient (Wildman–Crippen LogP) is 2.35. The van der Waals surface area contributed by atoms with Crippen molar-refractivity contribution in [3.8, 4) is 0 Å². The van der Waals surface area contributed by atoms with Gasteiger partial charge in [0.25, 0.3) is 0 Å². The van der Waals surface area contributed by atoms with Crippen LogP contribution in [-0.4, -0.2) is 39.0 Å². The Balaban J connectivity index is 1.47. The fourth-order valence-electron chi connectivity index (χ4n) is 2.61. The Bertz CT molecular complexity index is 206. The molecule has 17 heavy (non-hydrogen) atoms. The van der Waals surface area contributed by atoms with E-state index < -0.39 is 0 Å². The minimum atomic E-state index is 0.427. The predicted molar refractivity (Wildman–Crippen MR) is 69.2 cm³/mol. The number of ether oxygens (including phenoxy) is 2. The van der Waals surface area contributed by atoms with Crippen molar-refractivity contribution < 1.29 is 9.47 Å². The second kappa shape index (κ2) is 7.34. The SMILES string of the molecule is COC1CCCCC1NCCCOCC1CC1. The molecule has 3 heteroatoms. The van der Waals surface area contributed by atoms with E-state index in [-0.39, 0.29) is 0 Å². The zero-order valence-corrected chi connectivity index (χ0v) is 11.1. The number of rotatable bonds is 8. The maximum absolute atomic E-state index is 5.63. The summed E-state index contributed by atoms with van der Waals surface area (Å²) in [5.74, 6) is 0.888. The maximum Gasteiger partial charge on any atom is 0.0724 e. The molecule has 2 unspecified atom stereocenters. The van der Waals surface area contributed by atoms with Gasteiger partial charge in [0.1, 0.15) is 0 Å². The van der Waals surface area contributed by atoms with E-state index in [2.05, 4.69) is 5.32 Å². The van der Waals surface area contributed by atoms with Crippen molar-refractivity contribution in [3.63, 3.8) is 0 Å². The molecule has 0 aromatic heterocycles. The van der Waals surface area contributed by atoms with Crippen molar-refractivity contribution in [2.75, 3.05) is 26.9 Å². The molecule has 0 aromatic carbocycles. The van der Waals surface area contributed by atoms with Gasteiger partial charge in [0, 0.05) is 26.4 Å². The Morgan fingerprint density at radius 1 is 1.12 bits per heavy atom. The topological polar surface area (TPSA) is 30.5 Å². The van der Waals surface area contributed by atoms with Crippen molar-refractivity contribution in [1.82, 2.24) is 5.32 Å². The lowest BCUT2D eigenvalue weighted by Crippen LogP contribution is -2.43. The standard InChI is InChI=1S/C14H27NO2/c1-16-14-6-3-2-5-13(14)15-9-4-10-17-11-12-7-8-12/h12-15H,2-11H2,1H3. The first-order chi connectivity index (χ1) is 8.40. The molecule has 2 aliphatic rings. The summed E-state index contributed by atoms with van der Waals surface area (Å²) in [6, 6.07) is 0.567. The molecule has 2 saturated carbocycles. The van der Waals surface area contributed by atoms with Crippen LogP contribution in [0.1, 0.15) is 44.9 Å². The number of nitrogens with one attached hydrogen (secondary N) is 1. The van der Waals surface area contributed by atoms with E-state index in [1.165, 1.54) is 38.5 Å². The molecule has 3 nitrogen and oxygen atoms in total. The lowest BCUT2D eigenvalue weighted by atomic mass is 9.92. The van der Waals surface area contributed by atoms with Crippen LogP contribution in [0.5, 0.6) is 0 Å². The van der Waals surface area contributed by atoms with E-state index in [0.717, 1.165) is 32.1 Å². The lowest BCUT2D eigenvalue weighted by molar-refractivity contribution is 0.0405. The van der Waals surface area contributed by atoms with Crippen LogP contribution in [0.25, 0.3) is 0 Å². The third-order valence-electron chi connectivity index (χ3n) is 3.93. The highest BCUT2D eigenvalue weighted by molar-refractivity contribution is 4.81. The van der Waals surface area contributed by atoms with Crippen LogP contribution < -0.4 is 5.32 Å². The molecular weight excluding hydrogens is 214 g/mol. The summed E-state index contributed by atoms with van der Waals surface area (Å²) in [6.45, 7) is 2.97. The molecule has 2 rings (SSSR count). The van der Waals surface area contributed by atoms with Gasteiger partial charge in [0.05, 0.1) is 6.10 Å². The molecule has 0 aliphatic heterocycles. The van der Waals surface area contributed by atoms with Gasteiger partial charge in [-0.3, -0.25) is 0 Å². The molecule has 2 aliphatic carbocycles. The van der Waals surface area contributed by atoms with Gasteiger partial charge < -0.3 is 14.8 Å². The Morgan fingerprint density at radius 2 is 1.94 bits per heavy atom. The molecule has 0 spiro atoms. The molecule has 1 N–H and O–H groups in total. The van der Waals surface area contributed by atoms with Gasteiger partial charge in [0.2, 0.25) is 0 Å². The Hall–Kier alpha value is -0.120. The third kappa shape index (κ3) is 4.94. The van der Waals surface area contributed by atoms with Crippen LogP contribution in [0.4, 0.5) is 0 Å². The van der Waals surface area contributed by atoms with Crippen molar-refractivity contribution >= 4 is 0 Å². The molecule has 0 amide bonds. The summed E-state index contributed by atoms with van der Waals surface area (Å²) in [5.41, 5.74) is 0. The van der Waals surface area contributed by atoms with Crippen LogP contribution in [0.3, 0.4) is 0 Å². The fraction of sp³-hybridized carbons (Fsp3) is 1.00.